The van der Waals surface area contributed by atoms with Crippen LogP contribution in [0.2, 0.25) is 5.02 Å². The lowest BCUT2D eigenvalue weighted by Gasteiger charge is -2.30. The average molecular weight is 398 g/mol. The Morgan fingerprint density at radius 2 is 1.63 bits per heavy atom. The molecule has 1 aromatic carbocycles. The van der Waals surface area contributed by atoms with Crippen LogP contribution in [0.15, 0.2) is 24.3 Å². The molecule has 1 aromatic rings. The van der Waals surface area contributed by atoms with Gasteiger partial charge in [0.05, 0.1) is 0 Å². The highest BCUT2D eigenvalue weighted by molar-refractivity contribution is 6.30. The third-order valence-electron chi connectivity index (χ3n) is 4.06. The van der Waals surface area contributed by atoms with Gasteiger partial charge in [-0.25, -0.2) is 9.59 Å². The summed E-state index contributed by atoms with van der Waals surface area (Å²) in [5.41, 5.74) is -0.356. The van der Waals surface area contributed by atoms with Crippen molar-refractivity contribution in [2.75, 3.05) is 0 Å². The van der Waals surface area contributed by atoms with Gasteiger partial charge in [-0.15, -0.1) is 0 Å². The molecular weight excluding hydrogens is 366 g/mol. The first kappa shape index (κ1) is 23.3. The number of carbonyl (C=O) groups is 2. The minimum absolute atomic E-state index is 0.0867. The molecule has 0 saturated heterocycles. The summed E-state index contributed by atoms with van der Waals surface area (Å²) in [4.78, 5) is 24.9. The van der Waals surface area contributed by atoms with Gasteiger partial charge < -0.3 is 14.8 Å². The molecule has 1 amide bonds. The second-order valence-corrected chi connectivity index (χ2v) is 8.93. The van der Waals surface area contributed by atoms with Gasteiger partial charge in [0.1, 0.15) is 17.2 Å². The van der Waals surface area contributed by atoms with Gasteiger partial charge in [-0.2, -0.15) is 0 Å². The van der Waals surface area contributed by atoms with Crippen molar-refractivity contribution in [3.05, 3.63) is 34.9 Å². The smallest absolute Gasteiger partial charge is 0.408 e. The fraction of sp³-hybridized carbons (Fsp3) is 0.619. The van der Waals surface area contributed by atoms with Crippen LogP contribution >= 0.6 is 11.6 Å². The molecule has 2 unspecified atom stereocenters. The Hall–Kier alpha value is -1.75. The summed E-state index contributed by atoms with van der Waals surface area (Å²) < 4.78 is 11.0. The average Bonchev–Trinajstić information content (AvgIpc) is 2.51. The minimum atomic E-state index is -0.769. The third-order valence-corrected chi connectivity index (χ3v) is 4.31. The van der Waals surface area contributed by atoms with Crippen LogP contribution in [0.5, 0.6) is 0 Å². The maximum absolute atomic E-state index is 12.8. The summed E-state index contributed by atoms with van der Waals surface area (Å²) >= 11 is 5.92. The molecule has 1 rings (SSSR count). The van der Waals surface area contributed by atoms with E-state index in [2.05, 4.69) is 5.32 Å². The van der Waals surface area contributed by atoms with Gasteiger partial charge in [0.25, 0.3) is 0 Å². The van der Waals surface area contributed by atoms with Crippen molar-refractivity contribution < 1.29 is 19.1 Å². The Balaban J connectivity index is 2.82. The van der Waals surface area contributed by atoms with Crippen LogP contribution in [0.25, 0.3) is 0 Å². The van der Waals surface area contributed by atoms with Crippen molar-refractivity contribution in [2.24, 2.45) is 5.92 Å². The number of rotatable bonds is 7. The molecule has 0 aliphatic carbocycles. The third kappa shape index (κ3) is 8.65. The number of ether oxygens (including phenoxy) is 2. The molecule has 2 atom stereocenters. The predicted molar refractivity (Wildman–Crippen MR) is 108 cm³/mol. The number of hydrogen-bond acceptors (Lipinski definition) is 4. The fourth-order valence-corrected chi connectivity index (χ4v) is 2.70. The van der Waals surface area contributed by atoms with E-state index in [1.807, 2.05) is 39.8 Å². The van der Waals surface area contributed by atoms with Crippen molar-refractivity contribution in [3.63, 3.8) is 0 Å². The molecular formula is C21H32ClNO4. The molecule has 0 fully saturated rings. The molecule has 152 valence electrons. The molecule has 0 saturated carbocycles. The molecule has 0 radical (unpaired) electrons. The predicted octanol–water partition coefficient (Wildman–Crippen LogP) is 5.14. The van der Waals surface area contributed by atoms with Gasteiger partial charge >= 0.3 is 12.1 Å². The second-order valence-electron chi connectivity index (χ2n) is 8.49. The molecule has 0 aliphatic heterocycles. The number of amides is 1. The number of halogens is 1. The SMILES string of the molecule is CCC(C)C(NC(=O)OC(C)(C)C)C(=O)OC(C)(C)Cc1ccc(Cl)cc1. The lowest BCUT2D eigenvalue weighted by molar-refractivity contribution is -0.160. The fourth-order valence-electron chi connectivity index (χ4n) is 2.57. The number of carbonyl (C=O) groups excluding carboxylic acids is 2. The van der Waals surface area contributed by atoms with Crippen LogP contribution in [-0.2, 0) is 20.7 Å². The van der Waals surface area contributed by atoms with Crippen LogP contribution < -0.4 is 5.32 Å². The Labute approximate surface area is 167 Å². The van der Waals surface area contributed by atoms with Crippen LogP contribution in [-0.4, -0.2) is 29.3 Å². The topological polar surface area (TPSA) is 64.6 Å². The zero-order valence-electron chi connectivity index (χ0n) is 17.4. The van der Waals surface area contributed by atoms with Crippen molar-refractivity contribution in [1.82, 2.24) is 5.32 Å². The van der Waals surface area contributed by atoms with Crippen LogP contribution in [0.4, 0.5) is 4.79 Å². The van der Waals surface area contributed by atoms with Gasteiger partial charge in [0.2, 0.25) is 0 Å². The van der Waals surface area contributed by atoms with Crippen LogP contribution in [0, 0.1) is 5.92 Å². The summed E-state index contributed by atoms with van der Waals surface area (Å²) in [7, 11) is 0. The van der Waals surface area contributed by atoms with Crippen molar-refractivity contribution in [2.45, 2.75) is 78.6 Å². The zero-order chi connectivity index (χ0) is 20.8. The molecule has 1 N–H and O–H groups in total. The zero-order valence-corrected chi connectivity index (χ0v) is 18.1. The van der Waals surface area contributed by atoms with Crippen LogP contribution in [0.3, 0.4) is 0 Å². The van der Waals surface area contributed by atoms with Gasteiger partial charge in [-0.3, -0.25) is 0 Å². The highest BCUT2D eigenvalue weighted by Gasteiger charge is 2.33. The maximum atomic E-state index is 12.8. The van der Waals surface area contributed by atoms with Gasteiger partial charge in [0, 0.05) is 11.4 Å². The van der Waals surface area contributed by atoms with E-state index in [9.17, 15) is 9.59 Å². The van der Waals surface area contributed by atoms with E-state index in [0.29, 0.717) is 17.9 Å². The Kier molecular flexibility index (Phi) is 8.15. The first-order valence-electron chi connectivity index (χ1n) is 9.30. The molecule has 0 aromatic heterocycles. The standard InChI is InChI=1S/C21H32ClNO4/c1-8-14(2)17(23-19(25)27-20(3,4)5)18(24)26-21(6,7)13-15-9-11-16(22)12-10-15/h9-12,14,17H,8,13H2,1-7H3,(H,23,25). The van der Waals surface area contributed by atoms with Crippen molar-refractivity contribution in [3.8, 4) is 0 Å². The molecule has 5 nitrogen and oxygen atoms in total. The van der Waals surface area contributed by atoms with Gasteiger partial charge in [0.15, 0.2) is 0 Å². The van der Waals surface area contributed by atoms with Crippen molar-refractivity contribution in [1.29, 1.82) is 0 Å². The van der Waals surface area contributed by atoms with E-state index in [-0.39, 0.29) is 5.92 Å². The van der Waals surface area contributed by atoms with Gasteiger partial charge in [-0.05, 0) is 58.2 Å². The maximum Gasteiger partial charge on any atom is 0.408 e. The van der Waals surface area contributed by atoms with Gasteiger partial charge in [-0.1, -0.05) is 44.0 Å². The van der Waals surface area contributed by atoms with E-state index in [1.165, 1.54) is 0 Å². The van der Waals surface area contributed by atoms with Crippen LogP contribution in [0.1, 0.15) is 60.5 Å². The summed E-state index contributed by atoms with van der Waals surface area (Å²) in [5.74, 6) is -0.550. The number of benzene rings is 1. The van der Waals surface area contributed by atoms with E-state index < -0.39 is 29.3 Å². The first-order valence-corrected chi connectivity index (χ1v) is 9.67. The Bertz CT molecular complexity index is 635. The Morgan fingerprint density at radius 3 is 2.11 bits per heavy atom. The quantitative estimate of drug-likeness (QED) is 0.646. The lowest BCUT2D eigenvalue weighted by Crippen LogP contribution is -2.49. The summed E-state index contributed by atoms with van der Waals surface area (Å²) in [6.45, 7) is 12.9. The number of nitrogens with one attached hydrogen (secondary N) is 1. The van der Waals surface area contributed by atoms with Crippen molar-refractivity contribution >= 4 is 23.7 Å². The summed E-state index contributed by atoms with van der Waals surface area (Å²) in [5, 5.41) is 3.32. The number of alkyl carbamates (subject to hydrolysis) is 1. The number of hydrogen-bond donors (Lipinski definition) is 1. The molecule has 6 heteroatoms. The van der Waals surface area contributed by atoms with E-state index in [0.717, 1.165) is 5.56 Å². The highest BCUT2D eigenvalue weighted by atomic mass is 35.5. The highest BCUT2D eigenvalue weighted by Crippen LogP contribution is 2.21. The minimum Gasteiger partial charge on any atom is -0.458 e. The first-order chi connectivity index (χ1) is 12.3. The van der Waals surface area contributed by atoms with E-state index in [1.54, 1.807) is 32.9 Å². The van der Waals surface area contributed by atoms with E-state index >= 15 is 0 Å². The lowest BCUT2D eigenvalue weighted by atomic mass is 9.96. The molecule has 27 heavy (non-hydrogen) atoms. The molecule has 0 aliphatic rings. The molecule has 0 bridgehead atoms. The molecule has 0 spiro atoms. The Morgan fingerprint density at radius 1 is 1.07 bits per heavy atom. The monoisotopic (exact) mass is 397 g/mol. The largest absolute Gasteiger partial charge is 0.458 e. The van der Waals surface area contributed by atoms with E-state index in [4.69, 9.17) is 21.1 Å². The number of esters is 1. The second kappa shape index (κ2) is 9.45. The molecule has 0 heterocycles. The normalized spacial score (nSPS) is 14.2. The summed E-state index contributed by atoms with van der Waals surface area (Å²) in [6, 6.07) is 6.66. The summed E-state index contributed by atoms with van der Waals surface area (Å²) in [6.07, 6.45) is 0.628.